The van der Waals surface area contributed by atoms with Crippen molar-refractivity contribution in [2.24, 2.45) is 0 Å². The maximum atomic E-state index is 12.3. The quantitative estimate of drug-likeness (QED) is 0.832. The first kappa shape index (κ1) is 13.2. The summed E-state index contributed by atoms with van der Waals surface area (Å²) in [6.45, 7) is 8.35. The van der Waals surface area contributed by atoms with E-state index >= 15 is 0 Å². The lowest BCUT2D eigenvalue weighted by molar-refractivity contribution is 0.0676. The Hall–Kier alpha value is -1.19. The van der Waals surface area contributed by atoms with Gasteiger partial charge in [0.2, 0.25) is 0 Å². The number of ketones is 1. The van der Waals surface area contributed by atoms with E-state index in [1.54, 1.807) is 0 Å². The number of benzene rings is 1. The highest BCUT2D eigenvalue weighted by Crippen LogP contribution is 2.18. The van der Waals surface area contributed by atoms with Crippen LogP contribution >= 0.6 is 0 Å². The average Bonchev–Trinajstić information content (AvgIpc) is 2.35. The SMILES string of the molecule is Cc1cc(C)c(C(=O)CC2COCCN2)cc1C. The van der Waals surface area contributed by atoms with Gasteiger partial charge in [-0.2, -0.15) is 0 Å². The van der Waals surface area contributed by atoms with E-state index in [1.165, 1.54) is 11.1 Å². The van der Waals surface area contributed by atoms with Crippen molar-refractivity contribution in [1.82, 2.24) is 5.32 Å². The van der Waals surface area contributed by atoms with Gasteiger partial charge in [-0.05, 0) is 43.5 Å². The molecule has 2 rings (SSSR count). The Balaban J connectivity index is 2.10. The van der Waals surface area contributed by atoms with E-state index in [4.69, 9.17) is 4.74 Å². The minimum atomic E-state index is 0.159. The average molecular weight is 247 g/mol. The first-order valence-electron chi connectivity index (χ1n) is 6.50. The summed E-state index contributed by atoms with van der Waals surface area (Å²) in [6, 6.07) is 4.26. The summed E-state index contributed by atoms with van der Waals surface area (Å²) in [5.41, 5.74) is 4.34. The summed E-state index contributed by atoms with van der Waals surface area (Å²) in [6.07, 6.45) is 0.517. The zero-order valence-electron chi connectivity index (χ0n) is 11.4. The number of ether oxygens (including phenoxy) is 1. The molecule has 3 heteroatoms. The molecule has 1 N–H and O–H groups in total. The first-order chi connectivity index (χ1) is 8.58. The summed E-state index contributed by atoms with van der Waals surface area (Å²) in [5, 5.41) is 3.32. The van der Waals surface area contributed by atoms with Crippen LogP contribution in [-0.4, -0.2) is 31.6 Å². The number of hydrogen-bond donors (Lipinski definition) is 1. The van der Waals surface area contributed by atoms with Crippen molar-refractivity contribution in [3.8, 4) is 0 Å². The number of carbonyl (C=O) groups is 1. The highest BCUT2D eigenvalue weighted by Gasteiger charge is 2.19. The van der Waals surface area contributed by atoms with Crippen LogP contribution in [0.2, 0.25) is 0 Å². The van der Waals surface area contributed by atoms with Crippen LogP contribution in [0.15, 0.2) is 12.1 Å². The van der Waals surface area contributed by atoms with Crippen LogP contribution in [0, 0.1) is 20.8 Å². The third-order valence-electron chi connectivity index (χ3n) is 3.57. The minimum Gasteiger partial charge on any atom is -0.378 e. The topological polar surface area (TPSA) is 38.3 Å². The van der Waals surface area contributed by atoms with E-state index in [0.29, 0.717) is 13.0 Å². The zero-order chi connectivity index (χ0) is 13.1. The van der Waals surface area contributed by atoms with Crippen molar-refractivity contribution in [2.75, 3.05) is 19.8 Å². The molecule has 98 valence electrons. The second-order valence-corrected chi connectivity index (χ2v) is 5.10. The third-order valence-corrected chi connectivity index (χ3v) is 3.57. The van der Waals surface area contributed by atoms with E-state index in [0.717, 1.165) is 24.3 Å². The largest absolute Gasteiger partial charge is 0.378 e. The van der Waals surface area contributed by atoms with Gasteiger partial charge in [-0.25, -0.2) is 0 Å². The Bertz CT molecular complexity index is 448. The number of nitrogens with one attached hydrogen (secondary N) is 1. The minimum absolute atomic E-state index is 0.159. The molecule has 1 saturated heterocycles. The molecule has 0 bridgehead atoms. The van der Waals surface area contributed by atoms with Crippen molar-refractivity contribution in [3.63, 3.8) is 0 Å². The maximum Gasteiger partial charge on any atom is 0.164 e. The summed E-state index contributed by atoms with van der Waals surface area (Å²) in [7, 11) is 0. The van der Waals surface area contributed by atoms with Crippen molar-refractivity contribution < 1.29 is 9.53 Å². The Kier molecular flexibility index (Phi) is 4.15. The van der Waals surface area contributed by atoms with E-state index < -0.39 is 0 Å². The van der Waals surface area contributed by atoms with Crippen molar-refractivity contribution in [1.29, 1.82) is 0 Å². The third kappa shape index (κ3) is 2.98. The molecule has 1 fully saturated rings. The fourth-order valence-corrected chi connectivity index (χ4v) is 2.35. The van der Waals surface area contributed by atoms with Gasteiger partial charge in [0.15, 0.2) is 5.78 Å². The number of carbonyl (C=O) groups excluding carboxylic acids is 1. The standard InChI is InChI=1S/C15H21NO2/c1-10-6-12(3)14(7-11(10)2)15(17)8-13-9-18-5-4-16-13/h6-7,13,16H,4-5,8-9H2,1-3H3. The van der Waals surface area contributed by atoms with E-state index in [-0.39, 0.29) is 11.8 Å². The number of rotatable bonds is 3. The molecule has 1 aromatic carbocycles. The number of aryl methyl sites for hydroxylation is 3. The zero-order valence-corrected chi connectivity index (χ0v) is 11.4. The lowest BCUT2D eigenvalue weighted by atomic mass is 9.95. The summed E-state index contributed by atoms with van der Waals surface area (Å²) < 4.78 is 5.38. The molecule has 0 aromatic heterocycles. The highest BCUT2D eigenvalue weighted by molar-refractivity contribution is 5.98. The van der Waals surface area contributed by atoms with Crippen LogP contribution in [-0.2, 0) is 4.74 Å². The molecular weight excluding hydrogens is 226 g/mol. The number of Topliss-reactive ketones (excluding diaryl/α,β-unsaturated/α-hetero) is 1. The van der Waals surface area contributed by atoms with Crippen molar-refractivity contribution in [2.45, 2.75) is 33.2 Å². The highest BCUT2D eigenvalue weighted by atomic mass is 16.5. The Morgan fingerprint density at radius 3 is 2.67 bits per heavy atom. The normalized spacial score (nSPS) is 19.8. The molecule has 1 aliphatic rings. The Labute approximate surface area is 109 Å². The van der Waals surface area contributed by atoms with Crippen LogP contribution in [0.4, 0.5) is 0 Å². The predicted molar refractivity (Wildman–Crippen MR) is 72.2 cm³/mol. The van der Waals surface area contributed by atoms with Crippen LogP contribution in [0.3, 0.4) is 0 Å². The molecule has 1 heterocycles. The van der Waals surface area contributed by atoms with Crippen LogP contribution in [0.25, 0.3) is 0 Å². The van der Waals surface area contributed by atoms with Gasteiger partial charge in [0.1, 0.15) is 0 Å². The molecule has 1 aromatic rings. The van der Waals surface area contributed by atoms with Gasteiger partial charge in [-0.15, -0.1) is 0 Å². The van der Waals surface area contributed by atoms with Gasteiger partial charge in [0, 0.05) is 24.6 Å². The van der Waals surface area contributed by atoms with Crippen LogP contribution in [0.5, 0.6) is 0 Å². The number of morpholine rings is 1. The van der Waals surface area contributed by atoms with E-state index in [9.17, 15) is 4.79 Å². The van der Waals surface area contributed by atoms with Gasteiger partial charge in [-0.3, -0.25) is 4.79 Å². The summed E-state index contributed by atoms with van der Waals surface area (Å²) in [5.74, 6) is 0.207. The first-order valence-corrected chi connectivity index (χ1v) is 6.50. The monoisotopic (exact) mass is 247 g/mol. The molecule has 18 heavy (non-hydrogen) atoms. The van der Waals surface area contributed by atoms with Gasteiger partial charge < -0.3 is 10.1 Å². The molecule has 1 aliphatic heterocycles. The van der Waals surface area contributed by atoms with Crippen molar-refractivity contribution in [3.05, 3.63) is 34.4 Å². The van der Waals surface area contributed by atoms with E-state index in [1.807, 2.05) is 19.9 Å². The van der Waals surface area contributed by atoms with Crippen molar-refractivity contribution >= 4 is 5.78 Å². The molecule has 0 radical (unpaired) electrons. The smallest absolute Gasteiger partial charge is 0.164 e. The second-order valence-electron chi connectivity index (χ2n) is 5.10. The Morgan fingerprint density at radius 2 is 2.00 bits per heavy atom. The van der Waals surface area contributed by atoms with Gasteiger partial charge in [0.25, 0.3) is 0 Å². The fourth-order valence-electron chi connectivity index (χ4n) is 2.35. The van der Waals surface area contributed by atoms with Gasteiger partial charge in [-0.1, -0.05) is 6.07 Å². The lowest BCUT2D eigenvalue weighted by Crippen LogP contribution is -2.42. The van der Waals surface area contributed by atoms with Gasteiger partial charge in [0.05, 0.1) is 13.2 Å². The van der Waals surface area contributed by atoms with Crippen LogP contribution in [0.1, 0.15) is 33.5 Å². The van der Waals surface area contributed by atoms with Gasteiger partial charge >= 0.3 is 0 Å². The predicted octanol–water partition coefficient (Wildman–Crippen LogP) is 2.17. The number of hydrogen-bond acceptors (Lipinski definition) is 3. The molecule has 1 unspecified atom stereocenters. The molecule has 0 spiro atoms. The molecule has 0 saturated carbocycles. The Morgan fingerprint density at radius 1 is 1.28 bits per heavy atom. The summed E-state index contributed by atoms with van der Waals surface area (Å²) >= 11 is 0. The maximum absolute atomic E-state index is 12.3. The summed E-state index contributed by atoms with van der Waals surface area (Å²) in [4.78, 5) is 12.3. The second kappa shape index (κ2) is 5.63. The van der Waals surface area contributed by atoms with E-state index in [2.05, 4.69) is 18.3 Å². The fraction of sp³-hybridized carbons (Fsp3) is 0.533. The molecular formula is C15H21NO2. The molecule has 3 nitrogen and oxygen atoms in total. The molecule has 0 amide bonds. The molecule has 1 atom stereocenters. The lowest BCUT2D eigenvalue weighted by Gasteiger charge is -2.23. The van der Waals surface area contributed by atoms with Crippen LogP contribution < -0.4 is 5.32 Å². The molecule has 0 aliphatic carbocycles.